The van der Waals surface area contributed by atoms with E-state index in [0.717, 1.165) is 133 Å². The number of thiophene rings is 3. The molecule has 0 saturated heterocycles. The highest BCUT2D eigenvalue weighted by molar-refractivity contribution is 7.23. The van der Waals surface area contributed by atoms with E-state index in [0.29, 0.717) is 40.6 Å². The average molecular weight is 1400 g/mol. The fourth-order valence-corrected chi connectivity index (χ4v) is 14.6. The molecule has 0 radical (unpaired) electrons. The van der Waals surface area contributed by atoms with E-state index in [1.54, 1.807) is 91.2 Å². The molecule has 1 aliphatic carbocycles. The number of phenolic OH excluding ortho intramolecular Hbond substituents is 5. The standard InChI is InChI=1S/C28H21FN2O3S.C28H24N2O3S.C24H18N4O3S/c1-16-14-19(29)7-11-22(16)27-26(23-12-8-20(32)15-24(23)35-27)33-21-9-2-17(3-10-21)4-13-25-30-31-28(34-25)18-5-6-18;1-2-15-30-18-29-17-21(30)8-3-19-4-12-24(13-5-19)33-27-25-14-11-23(32)16-26(25)34-28(27)20-6-9-22(31)10-7-20;1-28-26-22(25-27-28)13-4-15-2-10-19(11-3-15)31-23-20-12-9-18(30)14-21(20)32-24(23)16-5-7-17(29)8-6-16/h2-4,7-15,18,32H,5-6H2,1H3;3-14,16-18,31-32H,2,15H2,1H3;2-14,29-30H,1H3/b13-4+;8-3+;13-4+. The van der Waals surface area contributed by atoms with Gasteiger partial charge >= 0.3 is 0 Å². The summed E-state index contributed by atoms with van der Waals surface area (Å²) in [6.07, 6.45) is 18.6. The number of rotatable bonds is 18. The molecule has 1 aliphatic rings. The summed E-state index contributed by atoms with van der Waals surface area (Å²) < 4.78 is 43.3. The van der Waals surface area contributed by atoms with E-state index in [2.05, 4.69) is 54.2 Å². The first kappa shape index (κ1) is 66.1. The average Bonchev–Trinajstić information content (AvgIpc) is 1.64. The van der Waals surface area contributed by atoms with Gasteiger partial charge in [-0.05, 0) is 240 Å². The lowest BCUT2D eigenvalue weighted by atomic mass is 10.1. The minimum atomic E-state index is -0.277. The molecule has 101 heavy (non-hydrogen) atoms. The minimum absolute atomic E-state index is 0.189. The van der Waals surface area contributed by atoms with Crippen LogP contribution in [0.25, 0.3) is 98.0 Å². The van der Waals surface area contributed by atoms with Gasteiger partial charge in [0.2, 0.25) is 11.8 Å². The summed E-state index contributed by atoms with van der Waals surface area (Å²) >= 11 is 4.58. The first-order valence-corrected chi connectivity index (χ1v) is 34.7. The number of hydrogen-bond donors (Lipinski definition) is 5. The van der Waals surface area contributed by atoms with Crippen molar-refractivity contribution in [3.63, 3.8) is 0 Å². The van der Waals surface area contributed by atoms with Gasteiger partial charge in [0, 0.05) is 48.8 Å². The maximum atomic E-state index is 13.7. The minimum Gasteiger partial charge on any atom is -0.508 e. The summed E-state index contributed by atoms with van der Waals surface area (Å²) in [6, 6.07) is 57.8. The Balaban J connectivity index is 0.000000129. The van der Waals surface area contributed by atoms with Gasteiger partial charge in [-0.25, -0.2) is 9.37 Å². The third-order valence-corrected chi connectivity index (χ3v) is 19.8. The van der Waals surface area contributed by atoms with Gasteiger partial charge < -0.3 is 48.7 Å². The number of tetrazole rings is 1. The number of halogens is 1. The predicted molar refractivity (Wildman–Crippen MR) is 399 cm³/mol. The Morgan fingerprint density at radius 1 is 0.515 bits per heavy atom. The fraction of sp³-hybridized carbons (Fsp3) is 0.100. The van der Waals surface area contributed by atoms with Crippen LogP contribution in [0.3, 0.4) is 0 Å². The third-order valence-electron chi connectivity index (χ3n) is 16.3. The quantitative estimate of drug-likeness (QED) is 0.0538. The Morgan fingerprint density at radius 2 is 0.980 bits per heavy atom. The van der Waals surface area contributed by atoms with E-state index in [4.69, 9.17) is 18.6 Å². The predicted octanol–water partition coefficient (Wildman–Crippen LogP) is 21.0. The lowest BCUT2D eigenvalue weighted by molar-refractivity contribution is 0.474. The van der Waals surface area contributed by atoms with Gasteiger partial charge in [-0.3, -0.25) is 0 Å². The van der Waals surface area contributed by atoms with Gasteiger partial charge in [0.25, 0.3) is 0 Å². The number of aromatic nitrogens is 8. The zero-order valence-electron chi connectivity index (χ0n) is 54.5. The summed E-state index contributed by atoms with van der Waals surface area (Å²) in [5.41, 5.74) is 7.67. The Morgan fingerprint density at radius 3 is 1.45 bits per heavy atom. The van der Waals surface area contributed by atoms with E-state index >= 15 is 0 Å². The van der Waals surface area contributed by atoms with E-state index in [9.17, 15) is 29.9 Å². The van der Waals surface area contributed by atoms with Gasteiger partial charge in [-0.2, -0.15) is 4.80 Å². The second kappa shape index (κ2) is 29.5. The number of hydrogen-bond acceptors (Lipinski definition) is 18. The Kier molecular flexibility index (Phi) is 19.3. The second-order valence-corrected chi connectivity index (χ2v) is 26.9. The topological polar surface area (TPSA) is 229 Å². The van der Waals surface area contributed by atoms with Crippen LogP contribution < -0.4 is 14.2 Å². The summed E-state index contributed by atoms with van der Waals surface area (Å²) in [7, 11) is 1.72. The first-order valence-electron chi connectivity index (χ1n) is 32.3. The van der Waals surface area contributed by atoms with E-state index in [-0.39, 0.29) is 34.6 Å². The molecule has 0 spiro atoms. The van der Waals surface area contributed by atoms with Crippen LogP contribution >= 0.6 is 34.0 Å². The molecule has 17 nitrogen and oxygen atoms in total. The van der Waals surface area contributed by atoms with Crippen LogP contribution in [-0.2, 0) is 13.6 Å². The molecule has 6 heterocycles. The van der Waals surface area contributed by atoms with Crippen LogP contribution in [-0.4, -0.2) is 65.5 Å². The lowest BCUT2D eigenvalue weighted by Crippen LogP contribution is -1.96. The molecule has 0 atom stereocenters. The van der Waals surface area contributed by atoms with Crippen LogP contribution in [0.4, 0.5) is 4.39 Å². The summed E-state index contributed by atoms with van der Waals surface area (Å²) in [5, 5.41) is 71.9. The van der Waals surface area contributed by atoms with Gasteiger partial charge in [0.05, 0.1) is 39.9 Å². The van der Waals surface area contributed by atoms with Crippen LogP contribution in [0.1, 0.15) is 77.7 Å². The van der Waals surface area contributed by atoms with Crippen molar-refractivity contribution in [3.8, 4) is 94.6 Å². The normalized spacial score (nSPS) is 12.2. The van der Waals surface area contributed by atoms with E-state index in [1.165, 1.54) is 39.6 Å². The Labute approximate surface area is 590 Å². The van der Waals surface area contributed by atoms with E-state index < -0.39 is 0 Å². The molecule has 1 fully saturated rings. The Hall–Kier alpha value is -12.2. The zero-order valence-corrected chi connectivity index (χ0v) is 57.0. The highest BCUT2D eigenvalue weighted by Crippen LogP contribution is 2.51. The fourth-order valence-electron chi connectivity index (χ4n) is 11.0. The zero-order chi connectivity index (χ0) is 69.5. The van der Waals surface area contributed by atoms with Crippen molar-refractivity contribution in [2.75, 3.05) is 0 Å². The van der Waals surface area contributed by atoms with Crippen molar-refractivity contribution in [1.29, 1.82) is 0 Å². The molecule has 5 N–H and O–H groups in total. The smallest absolute Gasteiger partial charge is 0.240 e. The van der Waals surface area contributed by atoms with Gasteiger partial charge in [-0.1, -0.05) is 61.5 Å². The van der Waals surface area contributed by atoms with Crippen molar-refractivity contribution in [3.05, 3.63) is 258 Å². The summed E-state index contributed by atoms with van der Waals surface area (Å²) in [5.74, 6) is 7.15. The summed E-state index contributed by atoms with van der Waals surface area (Å²) in [4.78, 5) is 8.39. The van der Waals surface area contributed by atoms with Crippen LogP contribution in [0, 0.1) is 12.7 Å². The highest BCUT2D eigenvalue weighted by atomic mass is 32.1. The number of aromatic hydroxyl groups is 5. The van der Waals surface area contributed by atoms with E-state index in [1.807, 2.05) is 153 Å². The summed E-state index contributed by atoms with van der Waals surface area (Å²) in [6.45, 7) is 4.98. The largest absolute Gasteiger partial charge is 0.508 e. The van der Waals surface area contributed by atoms with Crippen molar-refractivity contribution < 1.29 is 48.6 Å². The number of aryl methyl sites for hydroxylation is 3. The molecule has 502 valence electrons. The molecule has 0 bridgehead atoms. The second-order valence-electron chi connectivity index (χ2n) is 23.8. The van der Waals surface area contributed by atoms with Crippen molar-refractivity contribution >= 4 is 101 Å². The number of imidazole rings is 1. The molecule has 6 aromatic heterocycles. The lowest BCUT2D eigenvalue weighted by Gasteiger charge is -2.10. The number of ether oxygens (including phenoxy) is 3. The van der Waals surface area contributed by atoms with Gasteiger partial charge in [0.15, 0.2) is 23.1 Å². The molecule has 15 aromatic rings. The highest BCUT2D eigenvalue weighted by Gasteiger charge is 2.29. The molecular formula is C80H63FN8O9S3. The monoisotopic (exact) mass is 1390 g/mol. The molecule has 21 heteroatoms. The van der Waals surface area contributed by atoms with Gasteiger partial charge in [0.1, 0.15) is 51.8 Å². The molecule has 0 aliphatic heterocycles. The number of benzene rings is 9. The maximum Gasteiger partial charge on any atom is 0.240 e. The van der Waals surface area contributed by atoms with Crippen molar-refractivity contribution in [2.24, 2.45) is 7.05 Å². The van der Waals surface area contributed by atoms with Crippen molar-refractivity contribution in [1.82, 2.24) is 40.0 Å². The van der Waals surface area contributed by atoms with Crippen LogP contribution in [0.15, 0.2) is 211 Å². The van der Waals surface area contributed by atoms with Gasteiger partial charge in [-0.15, -0.1) is 54.4 Å². The third kappa shape index (κ3) is 15.7. The number of nitrogens with zero attached hydrogens (tertiary/aromatic N) is 8. The SMILES string of the molecule is CCCn1cncc1/C=C/c1ccc(Oc2c(-c3ccc(O)cc3)sc3cc(O)ccc23)cc1.Cc1cc(F)ccc1-c1sc2cc(O)ccc2c1Oc1ccc(/C=C/c2nnc(C3CC3)o2)cc1.Cn1nnc(/C=C/c2ccc(Oc3c(-c4ccc(O)cc4)sc4cc(O)ccc34)cc2)n1. The van der Waals surface area contributed by atoms with Crippen LogP contribution in [0.2, 0.25) is 0 Å². The molecule has 9 aromatic carbocycles. The molecule has 16 rings (SSSR count). The molecular weight excluding hydrogens is 1330 g/mol. The van der Waals surface area contributed by atoms with Crippen LogP contribution in [0.5, 0.6) is 63.2 Å². The number of phenols is 5. The maximum absolute atomic E-state index is 13.7. The first-order chi connectivity index (χ1) is 49.2. The molecule has 1 saturated carbocycles. The molecule has 0 amide bonds. The Bertz CT molecular complexity index is 5520. The number of fused-ring (bicyclic) bond motifs is 3. The van der Waals surface area contributed by atoms with Crippen molar-refractivity contribution in [2.45, 2.75) is 45.6 Å². The molecule has 0 unspecified atom stereocenters.